The van der Waals surface area contributed by atoms with E-state index in [2.05, 4.69) is 4.58 Å². The number of hydrogen-bond acceptors (Lipinski definition) is 3. The van der Waals surface area contributed by atoms with Gasteiger partial charge in [0.05, 0.1) is 13.0 Å². The van der Waals surface area contributed by atoms with Gasteiger partial charge in [-0.25, -0.2) is 0 Å². The Hall–Kier alpha value is -0.610. The Labute approximate surface area is 85.5 Å². The van der Waals surface area contributed by atoms with Gasteiger partial charge in [-0.05, 0) is 6.92 Å². The molecule has 1 aliphatic heterocycles. The third-order valence-corrected chi connectivity index (χ3v) is 2.38. The molecule has 1 aliphatic rings. The van der Waals surface area contributed by atoms with Crippen LogP contribution >= 0.6 is 0 Å². The normalized spacial score (nSPS) is 16.9. The van der Waals surface area contributed by atoms with Crippen molar-refractivity contribution in [3.05, 3.63) is 0 Å². The molecule has 0 radical (unpaired) electrons. The minimum Gasteiger partial charge on any atom is -0.448 e. The first-order valence-electron chi connectivity index (χ1n) is 5.11. The molecule has 0 amide bonds. The standard InChI is InChI=1S/C10H20NO3/c1-4-14-9-6-5-7-11(9)8-10(12-2)13-3/h10H,4-8H2,1-3H3/q+1. The Morgan fingerprint density at radius 2 is 2.07 bits per heavy atom. The summed E-state index contributed by atoms with van der Waals surface area (Å²) in [6.07, 6.45) is 2.03. The lowest BCUT2D eigenvalue weighted by Gasteiger charge is -2.11. The summed E-state index contributed by atoms with van der Waals surface area (Å²) in [4.78, 5) is 0. The van der Waals surface area contributed by atoms with Gasteiger partial charge in [-0.3, -0.25) is 0 Å². The summed E-state index contributed by atoms with van der Waals surface area (Å²) in [6.45, 7) is 4.53. The fraction of sp³-hybridized carbons (Fsp3) is 0.900. The van der Waals surface area contributed by atoms with Gasteiger partial charge in [0.25, 0.3) is 0 Å². The van der Waals surface area contributed by atoms with E-state index in [9.17, 15) is 0 Å². The maximum absolute atomic E-state index is 5.54. The predicted octanol–water partition coefficient (Wildman–Crippen LogP) is 0.847. The number of methoxy groups -OCH3 is 2. The van der Waals surface area contributed by atoms with Crippen molar-refractivity contribution in [3.8, 4) is 0 Å². The van der Waals surface area contributed by atoms with Crippen molar-refractivity contribution in [3.63, 3.8) is 0 Å². The molecule has 0 aromatic rings. The van der Waals surface area contributed by atoms with Gasteiger partial charge >= 0.3 is 5.90 Å². The Morgan fingerprint density at radius 1 is 1.36 bits per heavy atom. The molecular formula is C10H20NO3+. The maximum Gasteiger partial charge on any atom is 0.336 e. The van der Waals surface area contributed by atoms with Gasteiger partial charge in [-0.15, -0.1) is 0 Å². The van der Waals surface area contributed by atoms with Crippen molar-refractivity contribution in [2.75, 3.05) is 33.9 Å². The van der Waals surface area contributed by atoms with Crippen molar-refractivity contribution >= 4 is 5.90 Å². The third kappa shape index (κ3) is 2.96. The van der Waals surface area contributed by atoms with Gasteiger partial charge in [-0.1, -0.05) is 0 Å². The fourth-order valence-electron chi connectivity index (χ4n) is 1.65. The maximum atomic E-state index is 5.54. The van der Waals surface area contributed by atoms with Crippen LogP contribution in [0.25, 0.3) is 0 Å². The van der Waals surface area contributed by atoms with Crippen LogP contribution in [-0.2, 0) is 14.2 Å². The molecule has 0 fully saturated rings. The molecule has 0 unspecified atom stereocenters. The van der Waals surface area contributed by atoms with E-state index >= 15 is 0 Å². The minimum atomic E-state index is -0.163. The monoisotopic (exact) mass is 202 g/mol. The summed E-state index contributed by atoms with van der Waals surface area (Å²) in [6, 6.07) is 0. The molecule has 0 atom stereocenters. The second-order valence-corrected chi connectivity index (χ2v) is 3.28. The van der Waals surface area contributed by atoms with Crippen molar-refractivity contribution < 1.29 is 18.8 Å². The minimum absolute atomic E-state index is 0.163. The molecule has 0 saturated heterocycles. The molecule has 82 valence electrons. The molecule has 0 aromatic heterocycles. The zero-order chi connectivity index (χ0) is 10.4. The summed E-state index contributed by atoms with van der Waals surface area (Å²) in [5.74, 6) is 1.08. The SMILES string of the molecule is CCOC1=[N+](CC(OC)OC)CCC1. The van der Waals surface area contributed by atoms with E-state index in [1.807, 2.05) is 6.92 Å². The van der Waals surface area contributed by atoms with Crippen LogP contribution in [0.2, 0.25) is 0 Å². The average Bonchev–Trinajstić information content (AvgIpc) is 2.62. The molecule has 0 bridgehead atoms. The van der Waals surface area contributed by atoms with Crippen molar-refractivity contribution in [2.24, 2.45) is 0 Å². The van der Waals surface area contributed by atoms with Gasteiger partial charge in [0.2, 0.25) is 6.29 Å². The highest BCUT2D eigenvalue weighted by Crippen LogP contribution is 2.07. The Bertz CT molecular complexity index is 200. The van der Waals surface area contributed by atoms with Crippen LogP contribution in [0.15, 0.2) is 0 Å². The van der Waals surface area contributed by atoms with Gasteiger partial charge < -0.3 is 14.2 Å². The van der Waals surface area contributed by atoms with Crippen LogP contribution in [0.3, 0.4) is 0 Å². The van der Waals surface area contributed by atoms with Crippen molar-refractivity contribution in [1.82, 2.24) is 0 Å². The molecule has 0 N–H and O–H groups in total. The summed E-state index contributed by atoms with van der Waals surface area (Å²) in [5, 5.41) is 0. The lowest BCUT2D eigenvalue weighted by atomic mass is 10.4. The van der Waals surface area contributed by atoms with E-state index in [1.54, 1.807) is 14.2 Å². The van der Waals surface area contributed by atoms with E-state index in [0.717, 1.165) is 38.4 Å². The Kier molecular flexibility index (Phi) is 4.90. The molecule has 14 heavy (non-hydrogen) atoms. The van der Waals surface area contributed by atoms with E-state index in [0.29, 0.717) is 0 Å². The van der Waals surface area contributed by atoms with E-state index in [4.69, 9.17) is 14.2 Å². The summed E-state index contributed by atoms with van der Waals surface area (Å²) >= 11 is 0. The molecule has 0 aromatic carbocycles. The van der Waals surface area contributed by atoms with E-state index in [-0.39, 0.29) is 6.29 Å². The number of ether oxygens (including phenoxy) is 3. The largest absolute Gasteiger partial charge is 0.448 e. The second kappa shape index (κ2) is 5.98. The van der Waals surface area contributed by atoms with Gasteiger partial charge in [0.15, 0.2) is 6.54 Å². The zero-order valence-corrected chi connectivity index (χ0v) is 9.28. The van der Waals surface area contributed by atoms with Gasteiger partial charge in [-0.2, -0.15) is 4.58 Å². The lowest BCUT2D eigenvalue weighted by Crippen LogP contribution is -2.30. The van der Waals surface area contributed by atoms with Crippen molar-refractivity contribution in [1.29, 1.82) is 0 Å². The van der Waals surface area contributed by atoms with Crippen LogP contribution in [0.5, 0.6) is 0 Å². The first kappa shape index (κ1) is 11.5. The summed E-state index contributed by atoms with van der Waals surface area (Å²) in [5.41, 5.74) is 0. The smallest absolute Gasteiger partial charge is 0.336 e. The van der Waals surface area contributed by atoms with Crippen LogP contribution in [-0.4, -0.2) is 50.7 Å². The fourth-order valence-corrected chi connectivity index (χ4v) is 1.65. The summed E-state index contributed by atoms with van der Waals surface area (Å²) < 4.78 is 18.0. The third-order valence-electron chi connectivity index (χ3n) is 2.38. The first-order valence-corrected chi connectivity index (χ1v) is 5.11. The topological polar surface area (TPSA) is 30.7 Å². The van der Waals surface area contributed by atoms with Crippen molar-refractivity contribution in [2.45, 2.75) is 26.1 Å². The number of rotatable bonds is 5. The van der Waals surface area contributed by atoms with Gasteiger partial charge in [0, 0.05) is 20.6 Å². The molecule has 4 nitrogen and oxygen atoms in total. The second-order valence-electron chi connectivity index (χ2n) is 3.28. The number of nitrogens with zero attached hydrogens (tertiary/aromatic N) is 1. The summed E-state index contributed by atoms with van der Waals surface area (Å²) in [7, 11) is 3.31. The van der Waals surface area contributed by atoms with Crippen LogP contribution in [0, 0.1) is 0 Å². The lowest BCUT2D eigenvalue weighted by molar-refractivity contribution is -0.546. The van der Waals surface area contributed by atoms with Gasteiger partial charge in [0.1, 0.15) is 6.54 Å². The molecular weight excluding hydrogens is 182 g/mol. The van der Waals surface area contributed by atoms with Crippen LogP contribution in [0.4, 0.5) is 0 Å². The van der Waals surface area contributed by atoms with E-state index in [1.165, 1.54) is 0 Å². The molecule has 0 aliphatic carbocycles. The van der Waals surface area contributed by atoms with E-state index < -0.39 is 0 Å². The Balaban J connectivity index is 2.51. The quantitative estimate of drug-likeness (QED) is 0.489. The molecule has 4 heteroatoms. The highest BCUT2D eigenvalue weighted by atomic mass is 16.7. The zero-order valence-electron chi connectivity index (χ0n) is 9.28. The molecule has 0 spiro atoms. The Morgan fingerprint density at radius 3 is 2.64 bits per heavy atom. The molecule has 1 rings (SSSR count). The predicted molar refractivity (Wildman–Crippen MR) is 53.7 cm³/mol. The molecule has 0 saturated carbocycles. The highest BCUT2D eigenvalue weighted by Gasteiger charge is 2.26. The van der Waals surface area contributed by atoms with Crippen LogP contribution in [0.1, 0.15) is 19.8 Å². The average molecular weight is 202 g/mol. The highest BCUT2D eigenvalue weighted by molar-refractivity contribution is 5.71. The van der Waals surface area contributed by atoms with Crippen LogP contribution < -0.4 is 0 Å². The first-order chi connectivity index (χ1) is 6.81. The number of hydrogen-bond donors (Lipinski definition) is 0. The molecule has 1 heterocycles.